The van der Waals surface area contributed by atoms with E-state index in [1.54, 1.807) is 6.92 Å². The standard InChI is InChI=1S/C17H31NO3/c1-5-14(13-9-7-6-8-10-13)18-15(19)11-17(4,12(2)3)16(20)21/h12-14H,5-11H2,1-4H3,(H,18,19)(H,20,21). The summed E-state index contributed by atoms with van der Waals surface area (Å²) in [5, 5.41) is 12.5. The summed E-state index contributed by atoms with van der Waals surface area (Å²) in [4.78, 5) is 23.8. The van der Waals surface area contributed by atoms with Gasteiger partial charge in [0.1, 0.15) is 0 Å². The molecule has 1 amide bonds. The number of hydrogen-bond acceptors (Lipinski definition) is 2. The van der Waals surface area contributed by atoms with Crippen molar-refractivity contribution in [3.63, 3.8) is 0 Å². The van der Waals surface area contributed by atoms with Gasteiger partial charge in [0, 0.05) is 12.5 Å². The fourth-order valence-electron chi connectivity index (χ4n) is 3.21. The molecule has 1 aliphatic carbocycles. The summed E-state index contributed by atoms with van der Waals surface area (Å²) in [7, 11) is 0. The number of carbonyl (C=O) groups excluding carboxylic acids is 1. The number of aliphatic carboxylic acids is 1. The molecule has 0 bridgehead atoms. The van der Waals surface area contributed by atoms with Crippen LogP contribution < -0.4 is 5.32 Å². The molecule has 0 spiro atoms. The monoisotopic (exact) mass is 297 g/mol. The quantitative estimate of drug-likeness (QED) is 0.754. The summed E-state index contributed by atoms with van der Waals surface area (Å²) in [5.74, 6) is -0.525. The highest BCUT2D eigenvalue weighted by molar-refractivity contribution is 5.85. The van der Waals surface area contributed by atoms with Crippen LogP contribution in [0.5, 0.6) is 0 Å². The molecule has 2 N–H and O–H groups in total. The largest absolute Gasteiger partial charge is 0.481 e. The Hall–Kier alpha value is -1.06. The predicted octanol–water partition coefficient (Wildman–Crippen LogP) is 3.60. The SMILES string of the molecule is CCC(NC(=O)CC(C)(C(=O)O)C(C)C)C1CCCCC1. The van der Waals surface area contributed by atoms with Crippen LogP contribution in [-0.4, -0.2) is 23.0 Å². The Labute approximate surface area is 128 Å². The van der Waals surface area contributed by atoms with E-state index >= 15 is 0 Å². The number of rotatable bonds is 7. The highest BCUT2D eigenvalue weighted by atomic mass is 16.4. The summed E-state index contributed by atoms with van der Waals surface area (Å²) in [6, 6.07) is 0.197. The van der Waals surface area contributed by atoms with E-state index in [-0.39, 0.29) is 24.3 Å². The van der Waals surface area contributed by atoms with Crippen molar-refractivity contribution >= 4 is 11.9 Å². The molecule has 1 saturated carbocycles. The molecule has 21 heavy (non-hydrogen) atoms. The fraction of sp³-hybridized carbons (Fsp3) is 0.882. The van der Waals surface area contributed by atoms with Crippen LogP contribution in [0, 0.1) is 17.3 Å². The van der Waals surface area contributed by atoms with Crippen LogP contribution in [0.1, 0.15) is 72.6 Å². The molecule has 0 radical (unpaired) electrons. The first-order chi connectivity index (χ1) is 9.81. The molecule has 4 nitrogen and oxygen atoms in total. The van der Waals surface area contributed by atoms with Crippen LogP contribution in [0.4, 0.5) is 0 Å². The topological polar surface area (TPSA) is 66.4 Å². The molecule has 0 aromatic rings. The molecule has 1 aliphatic rings. The van der Waals surface area contributed by atoms with E-state index in [4.69, 9.17) is 0 Å². The summed E-state index contributed by atoms with van der Waals surface area (Å²) < 4.78 is 0. The molecule has 0 saturated heterocycles. The minimum atomic E-state index is -0.991. The zero-order valence-electron chi connectivity index (χ0n) is 13.9. The van der Waals surface area contributed by atoms with Gasteiger partial charge >= 0.3 is 5.97 Å². The van der Waals surface area contributed by atoms with E-state index in [0.29, 0.717) is 5.92 Å². The predicted molar refractivity (Wildman–Crippen MR) is 84.0 cm³/mol. The fourth-order valence-corrected chi connectivity index (χ4v) is 3.21. The van der Waals surface area contributed by atoms with Gasteiger partial charge in [-0.25, -0.2) is 0 Å². The maximum atomic E-state index is 12.3. The molecular formula is C17H31NO3. The zero-order valence-corrected chi connectivity index (χ0v) is 13.9. The summed E-state index contributed by atoms with van der Waals surface area (Å²) >= 11 is 0. The van der Waals surface area contributed by atoms with Gasteiger partial charge in [-0.1, -0.05) is 40.0 Å². The molecule has 1 fully saturated rings. The first kappa shape index (κ1) is 18.0. The Balaban J connectivity index is 2.63. The minimum absolute atomic E-state index is 0.0588. The summed E-state index contributed by atoms with van der Waals surface area (Å²) in [6.45, 7) is 7.49. The number of carboxylic acid groups (broad SMARTS) is 1. The average Bonchev–Trinajstić information content (AvgIpc) is 2.45. The Morgan fingerprint density at radius 3 is 2.24 bits per heavy atom. The first-order valence-corrected chi connectivity index (χ1v) is 8.34. The lowest BCUT2D eigenvalue weighted by Crippen LogP contribution is -2.45. The second-order valence-corrected chi connectivity index (χ2v) is 7.03. The van der Waals surface area contributed by atoms with Crippen LogP contribution >= 0.6 is 0 Å². The van der Waals surface area contributed by atoms with E-state index in [0.717, 1.165) is 6.42 Å². The van der Waals surface area contributed by atoms with E-state index in [1.165, 1.54) is 32.1 Å². The van der Waals surface area contributed by atoms with Gasteiger partial charge in [0.25, 0.3) is 0 Å². The van der Waals surface area contributed by atoms with E-state index in [1.807, 2.05) is 13.8 Å². The molecule has 0 heterocycles. The second-order valence-electron chi connectivity index (χ2n) is 7.03. The van der Waals surface area contributed by atoms with Gasteiger partial charge in [-0.05, 0) is 38.0 Å². The van der Waals surface area contributed by atoms with Gasteiger partial charge in [0.15, 0.2) is 0 Å². The average molecular weight is 297 g/mol. The van der Waals surface area contributed by atoms with Crippen molar-refractivity contribution in [1.29, 1.82) is 0 Å². The molecule has 122 valence electrons. The second kappa shape index (κ2) is 7.81. The van der Waals surface area contributed by atoms with Gasteiger partial charge in [-0.2, -0.15) is 0 Å². The van der Waals surface area contributed by atoms with Crippen molar-refractivity contribution in [2.45, 2.75) is 78.7 Å². The van der Waals surface area contributed by atoms with Gasteiger partial charge in [-0.3, -0.25) is 9.59 Å². The lowest BCUT2D eigenvalue weighted by atomic mass is 9.76. The number of carboxylic acids is 1. The summed E-state index contributed by atoms with van der Waals surface area (Å²) in [5.41, 5.74) is -0.991. The number of amides is 1. The third kappa shape index (κ3) is 4.72. The third-order valence-corrected chi connectivity index (χ3v) is 5.30. The van der Waals surface area contributed by atoms with Crippen molar-refractivity contribution < 1.29 is 14.7 Å². The molecule has 2 atom stereocenters. The maximum absolute atomic E-state index is 12.3. The lowest BCUT2D eigenvalue weighted by molar-refractivity contribution is -0.153. The Morgan fingerprint density at radius 2 is 1.81 bits per heavy atom. The Morgan fingerprint density at radius 1 is 1.24 bits per heavy atom. The Bertz CT molecular complexity index is 361. The van der Waals surface area contributed by atoms with E-state index < -0.39 is 11.4 Å². The number of nitrogens with one attached hydrogen (secondary N) is 1. The normalized spacial score (nSPS) is 20.8. The lowest BCUT2D eigenvalue weighted by Gasteiger charge is -2.33. The van der Waals surface area contributed by atoms with Crippen LogP contribution in [-0.2, 0) is 9.59 Å². The van der Waals surface area contributed by atoms with Crippen molar-refractivity contribution in [2.75, 3.05) is 0 Å². The van der Waals surface area contributed by atoms with Crippen molar-refractivity contribution in [3.8, 4) is 0 Å². The molecule has 4 heteroatoms. The first-order valence-electron chi connectivity index (χ1n) is 8.34. The minimum Gasteiger partial charge on any atom is -0.481 e. The third-order valence-electron chi connectivity index (χ3n) is 5.30. The zero-order chi connectivity index (χ0) is 16.0. The van der Waals surface area contributed by atoms with Crippen molar-refractivity contribution in [3.05, 3.63) is 0 Å². The van der Waals surface area contributed by atoms with Crippen LogP contribution in [0.3, 0.4) is 0 Å². The highest BCUT2D eigenvalue weighted by Crippen LogP contribution is 2.32. The maximum Gasteiger partial charge on any atom is 0.310 e. The van der Waals surface area contributed by atoms with Gasteiger partial charge in [-0.15, -0.1) is 0 Å². The molecule has 0 aliphatic heterocycles. The summed E-state index contributed by atoms with van der Waals surface area (Å²) in [6.07, 6.45) is 7.13. The van der Waals surface area contributed by atoms with Crippen molar-refractivity contribution in [1.82, 2.24) is 5.32 Å². The van der Waals surface area contributed by atoms with Crippen molar-refractivity contribution in [2.24, 2.45) is 17.3 Å². The van der Waals surface area contributed by atoms with Crippen LogP contribution in [0.2, 0.25) is 0 Å². The van der Waals surface area contributed by atoms with Gasteiger partial charge in [0.2, 0.25) is 5.91 Å². The molecule has 1 rings (SSSR count). The van der Waals surface area contributed by atoms with Crippen LogP contribution in [0.15, 0.2) is 0 Å². The number of hydrogen-bond donors (Lipinski definition) is 2. The van der Waals surface area contributed by atoms with E-state index in [2.05, 4.69) is 12.2 Å². The smallest absolute Gasteiger partial charge is 0.310 e. The molecule has 0 aromatic heterocycles. The Kier molecular flexibility index (Phi) is 6.69. The molecule has 2 unspecified atom stereocenters. The molecule has 0 aromatic carbocycles. The van der Waals surface area contributed by atoms with Gasteiger partial charge < -0.3 is 10.4 Å². The number of carbonyl (C=O) groups is 2. The van der Waals surface area contributed by atoms with Crippen LogP contribution in [0.25, 0.3) is 0 Å². The van der Waals surface area contributed by atoms with E-state index in [9.17, 15) is 14.7 Å². The molecular weight excluding hydrogens is 266 g/mol. The van der Waals surface area contributed by atoms with Gasteiger partial charge in [0.05, 0.1) is 5.41 Å². The highest BCUT2D eigenvalue weighted by Gasteiger charge is 2.39.